The maximum absolute atomic E-state index is 12.7. The summed E-state index contributed by atoms with van der Waals surface area (Å²) in [6, 6.07) is 12.4. The number of thiophene rings is 2. The Labute approximate surface area is 160 Å². The molecule has 3 nitrogen and oxygen atoms in total. The van der Waals surface area contributed by atoms with E-state index in [0.717, 1.165) is 23.2 Å². The average molecular weight is 391 g/mol. The summed E-state index contributed by atoms with van der Waals surface area (Å²) in [6.07, 6.45) is 2.47. The molecule has 1 N–H and O–H groups in total. The first-order chi connectivity index (χ1) is 12.2. The van der Waals surface area contributed by atoms with Crippen molar-refractivity contribution in [3.8, 4) is 0 Å². The number of benzene rings is 1. The third-order valence-electron chi connectivity index (χ3n) is 4.65. The molecule has 3 aromatic rings. The monoisotopic (exact) mass is 390 g/mol. The summed E-state index contributed by atoms with van der Waals surface area (Å²) in [5, 5.41) is 6.73. The van der Waals surface area contributed by atoms with Gasteiger partial charge >= 0.3 is 0 Å². The summed E-state index contributed by atoms with van der Waals surface area (Å²) >= 11 is 9.65. The van der Waals surface area contributed by atoms with Crippen LogP contribution in [0.15, 0.2) is 41.8 Å². The Morgan fingerprint density at radius 2 is 2.00 bits per heavy atom. The summed E-state index contributed by atoms with van der Waals surface area (Å²) in [4.78, 5) is 17.1. The van der Waals surface area contributed by atoms with Crippen LogP contribution in [0.1, 0.15) is 33.4 Å². The zero-order valence-electron chi connectivity index (χ0n) is 13.7. The van der Waals surface area contributed by atoms with Gasteiger partial charge in [0.25, 0.3) is 5.91 Å². The number of likely N-dealkylation sites (tertiary alicyclic amines) is 1. The largest absolute Gasteiger partial charge is 0.349 e. The van der Waals surface area contributed by atoms with Gasteiger partial charge in [-0.2, -0.15) is 0 Å². The van der Waals surface area contributed by atoms with Crippen LogP contribution in [0.25, 0.3) is 10.1 Å². The van der Waals surface area contributed by atoms with Gasteiger partial charge in [-0.1, -0.05) is 35.9 Å². The highest BCUT2D eigenvalue weighted by atomic mass is 35.5. The fourth-order valence-corrected chi connectivity index (χ4v) is 5.67. The second-order valence-corrected chi connectivity index (χ2v) is 8.64. The molecule has 1 saturated heterocycles. The maximum atomic E-state index is 12.7. The second kappa shape index (κ2) is 7.46. The van der Waals surface area contributed by atoms with E-state index in [4.69, 9.17) is 11.6 Å². The molecule has 0 aliphatic carbocycles. The van der Waals surface area contributed by atoms with E-state index in [2.05, 4.69) is 27.7 Å². The highest BCUT2D eigenvalue weighted by Gasteiger charge is 2.25. The first-order valence-corrected chi connectivity index (χ1v) is 10.5. The minimum absolute atomic E-state index is 0.0769. The van der Waals surface area contributed by atoms with Gasteiger partial charge in [0.1, 0.15) is 4.88 Å². The van der Waals surface area contributed by atoms with E-state index in [9.17, 15) is 4.79 Å². The molecule has 0 saturated carbocycles. The van der Waals surface area contributed by atoms with Crippen molar-refractivity contribution in [2.24, 2.45) is 0 Å². The van der Waals surface area contributed by atoms with Gasteiger partial charge in [0.2, 0.25) is 0 Å². The summed E-state index contributed by atoms with van der Waals surface area (Å²) < 4.78 is 1.05. The molecule has 0 spiro atoms. The fraction of sp³-hybridized carbons (Fsp3) is 0.316. The van der Waals surface area contributed by atoms with Crippen molar-refractivity contribution in [3.63, 3.8) is 0 Å². The predicted molar refractivity (Wildman–Crippen MR) is 107 cm³/mol. The van der Waals surface area contributed by atoms with Gasteiger partial charge in [0, 0.05) is 21.5 Å². The minimum Gasteiger partial charge on any atom is -0.349 e. The minimum atomic E-state index is -0.0769. The molecule has 3 heterocycles. The molecule has 1 fully saturated rings. The number of carbonyl (C=O) groups excluding carboxylic acids is 1. The van der Waals surface area contributed by atoms with Crippen LogP contribution >= 0.6 is 34.3 Å². The topological polar surface area (TPSA) is 32.3 Å². The lowest BCUT2D eigenvalue weighted by Crippen LogP contribution is -2.36. The molecule has 1 aliphatic rings. The molecular formula is C19H19ClN2OS2. The highest BCUT2D eigenvalue weighted by Crippen LogP contribution is 2.35. The molecule has 0 radical (unpaired) electrons. The molecule has 4 rings (SSSR count). The number of carbonyl (C=O) groups is 1. The van der Waals surface area contributed by atoms with Crippen LogP contribution in [0.2, 0.25) is 5.02 Å². The van der Waals surface area contributed by atoms with Gasteiger partial charge in [-0.15, -0.1) is 22.7 Å². The molecule has 130 valence electrons. The molecule has 1 unspecified atom stereocenters. The van der Waals surface area contributed by atoms with Crippen molar-refractivity contribution in [2.75, 3.05) is 19.6 Å². The van der Waals surface area contributed by atoms with E-state index in [0.29, 0.717) is 16.4 Å². The third-order valence-corrected chi connectivity index (χ3v) is 7.30. The van der Waals surface area contributed by atoms with Crippen molar-refractivity contribution >= 4 is 50.3 Å². The first kappa shape index (κ1) is 17.0. The predicted octanol–water partition coefficient (Wildman–Crippen LogP) is 5.18. The lowest BCUT2D eigenvalue weighted by molar-refractivity contribution is 0.0942. The number of hydrogen-bond acceptors (Lipinski definition) is 4. The Kier molecular flexibility index (Phi) is 5.08. The summed E-state index contributed by atoms with van der Waals surface area (Å²) in [6.45, 7) is 2.81. The number of amides is 1. The molecule has 25 heavy (non-hydrogen) atoms. The van der Waals surface area contributed by atoms with Crippen molar-refractivity contribution in [1.29, 1.82) is 0 Å². The van der Waals surface area contributed by atoms with E-state index in [1.807, 2.05) is 24.3 Å². The van der Waals surface area contributed by atoms with Crippen molar-refractivity contribution in [3.05, 3.63) is 56.6 Å². The fourth-order valence-electron chi connectivity index (χ4n) is 3.37. The van der Waals surface area contributed by atoms with Crippen molar-refractivity contribution < 1.29 is 4.79 Å². The van der Waals surface area contributed by atoms with Crippen LogP contribution in [-0.4, -0.2) is 30.4 Å². The van der Waals surface area contributed by atoms with Crippen molar-refractivity contribution in [2.45, 2.75) is 18.9 Å². The summed E-state index contributed by atoms with van der Waals surface area (Å²) in [7, 11) is 0. The number of halogens is 1. The van der Waals surface area contributed by atoms with Gasteiger partial charge in [0.15, 0.2) is 0 Å². The van der Waals surface area contributed by atoms with Crippen LogP contribution in [0, 0.1) is 0 Å². The van der Waals surface area contributed by atoms with Gasteiger partial charge in [-0.05, 0) is 43.4 Å². The quantitative estimate of drug-likeness (QED) is 0.650. The molecule has 1 atom stereocenters. The summed E-state index contributed by atoms with van der Waals surface area (Å²) in [5.41, 5.74) is 0. The number of hydrogen-bond donors (Lipinski definition) is 1. The number of rotatable bonds is 5. The molecule has 2 aromatic heterocycles. The SMILES string of the molecule is O=C(NCC(c1cccs1)N1CCCC1)c1sc2ccccc2c1Cl. The molecule has 0 bridgehead atoms. The van der Waals surface area contributed by atoms with Crippen LogP contribution in [0.5, 0.6) is 0 Å². The average Bonchev–Trinajstić information content (AvgIpc) is 3.37. The Balaban J connectivity index is 1.52. The molecule has 1 aromatic carbocycles. The molecular weight excluding hydrogens is 372 g/mol. The van der Waals surface area contributed by atoms with E-state index >= 15 is 0 Å². The van der Waals surface area contributed by atoms with Crippen LogP contribution < -0.4 is 5.32 Å². The number of fused-ring (bicyclic) bond motifs is 1. The second-order valence-electron chi connectivity index (χ2n) is 6.23. The maximum Gasteiger partial charge on any atom is 0.262 e. The zero-order valence-corrected chi connectivity index (χ0v) is 16.1. The summed E-state index contributed by atoms with van der Waals surface area (Å²) in [5.74, 6) is -0.0769. The smallest absolute Gasteiger partial charge is 0.262 e. The van der Waals surface area contributed by atoms with Crippen LogP contribution in [0.4, 0.5) is 0 Å². The van der Waals surface area contributed by atoms with Crippen LogP contribution in [0.3, 0.4) is 0 Å². The Morgan fingerprint density at radius 3 is 2.72 bits per heavy atom. The molecule has 1 aliphatic heterocycles. The number of nitrogens with zero attached hydrogens (tertiary/aromatic N) is 1. The van der Waals surface area contributed by atoms with Crippen LogP contribution in [-0.2, 0) is 0 Å². The van der Waals surface area contributed by atoms with Gasteiger partial charge in [0.05, 0.1) is 11.1 Å². The number of nitrogens with one attached hydrogen (secondary N) is 1. The van der Waals surface area contributed by atoms with E-state index in [1.54, 1.807) is 11.3 Å². The van der Waals surface area contributed by atoms with E-state index < -0.39 is 0 Å². The van der Waals surface area contributed by atoms with Crippen molar-refractivity contribution in [1.82, 2.24) is 10.2 Å². The Hall–Kier alpha value is -1.40. The Bertz CT molecular complexity index is 869. The zero-order chi connectivity index (χ0) is 17.2. The normalized spacial score (nSPS) is 16.4. The standard InChI is InChI=1S/C19H19ClN2OS2/c20-17-13-6-1-2-7-15(13)25-18(17)19(23)21-12-14(16-8-5-11-24-16)22-9-3-4-10-22/h1-2,5-8,11,14H,3-4,9-10,12H2,(H,21,23). The van der Waals surface area contributed by atoms with Gasteiger partial charge in [-0.25, -0.2) is 0 Å². The van der Waals surface area contributed by atoms with E-state index in [1.165, 1.54) is 29.1 Å². The Morgan fingerprint density at radius 1 is 1.20 bits per heavy atom. The lowest BCUT2D eigenvalue weighted by atomic mass is 10.2. The van der Waals surface area contributed by atoms with Gasteiger partial charge in [-0.3, -0.25) is 9.69 Å². The van der Waals surface area contributed by atoms with Gasteiger partial charge < -0.3 is 5.32 Å². The lowest BCUT2D eigenvalue weighted by Gasteiger charge is -2.26. The highest BCUT2D eigenvalue weighted by molar-refractivity contribution is 7.21. The third kappa shape index (κ3) is 3.47. The first-order valence-electron chi connectivity index (χ1n) is 8.47. The van der Waals surface area contributed by atoms with E-state index in [-0.39, 0.29) is 11.9 Å². The molecule has 6 heteroatoms. The molecule has 1 amide bonds.